The number of ether oxygens (including phenoxy) is 1. The van der Waals surface area contributed by atoms with Crippen molar-refractivity contribution in [2.75, 3.05) is 24.6 Å². The molecule has 168 valence electrons. The summed E-state index contributed by atoms with van der Waals surface area (Å²) >= 11 is 0. The number of hydrogen-bond donors (Lipinski definition) is 2. The third-order valence-electron chi connectivity index (χ3n) is 6.33. The van der Waals surface area contributed by atoms with Crippen LogP contribution in [0.1, 0.15) is 31.2 Å². The zero-order valence-electron chi connectivity index (χ0n) is 18.2. The Kier molecular flexibility index (Phi) is 6.36. The largest absolute Gasteiger partial charge is 0.423 e. The summed E-state index contributed by atoms with van der Waals surface area (Å²) in [5, 5.41) is 6.73. The molecule has 1 amide bonds. The molecule has 1 aromatic heterocycles. The van der Waals surface area contributed by atoms with E-state index in [9.17, 15) is 4.79 Å². The Balaban J connectivity index is 1.15. The molecule has 7 heteroatoms. The van der Waals surface area contributed by atoms with Gasteiger partial charge in [-0.1, -0.05) is 42.5 Å². The SMILES string of the molecule is O=C(NC1CN[C@H](COCc2ccccc2)C1)[C@@H]1CCCCN1c1nc2ccccc2o1. The van der Waals surface area contributed by atoms with Crippen LogP contribution in [0.3, 0.4) is 0 Å². The van der Waals surface area contributed by atoms with Crippen molar-refractivity contribution in [1.29, 1.82) is 0 Å². The van der Waals surface area contributed by atoms with Crippen molar-refractivity contribution in [3.05, 3.63) is 60.2 Å². The zero-order valence-corrected chi connectivity index (χ0v) is 18.2. The van der Waals surface area contributed by atoms with Crippen LogP contribution in [0.4, 0.5) is 6.01 Å². The van der Waals surface area contributed by atoms with Crippen molar-refractivity contribution < 1.29 is 13.9 Å². The second-order valence-electron chi connectivity index (χ2n) is 8.72. The number of nitrogens with zero attached hydrogens (tertiary/aromatic N) is 2. The summed E-state index contributed by atoms with van der Waals surface area (Å²) in [5.74, 6) is 0.0598. The molecule has 2 aromatic carbocycles. The molecule has 2 aliphatic heterocycles. The maximum atomic E-state index is 13.2. The summed E-state index contributed by atoms with van der Waals surface area (Å²) in [6, 6.07) is 18.6. The van der Waals surface area contributed by atoms with Crippen LogP contribution in [0, 0.1) is 0 Å². The van der Waals surface area contributed by atoms with Gasteiger partial charge in [-0.2, -0.15) is 4.98 Å². The summed E-state index contributed by atoms with van der Waals surface area (Å²) in [4.78, 5) is 19.8. The lowest BCUT2D eigenvalue weighted by Crippen LogP contribution is -2.52. The van der Waals surface area contributed by atoms with Crippen molar-refractivity contribution >= 4 is 23.0 Å². The number of fused-ring (bicyclic) bond motifs is 1. The molecule has 0 bridgehead atoms. The number of oxazole rings is 1. The van der Waals surface area contributed by atoms with Crippen LogP contribution in [0.25, 0.3) is 11.1 Å². The second kappa shape index (κ2) is 9.71. The topological polar surface area (TPSA) is 79.6 Å². The molecule has 32 heavy (non-hydrogen) atoms. The highest BCUT2D eigenvalue weighted by Gasteiger charge is 2.34. The average Bonchev–Trinajstić information content (AvgIpc) is 3.46. The molecule has 2 saturated heterocycles. The van der Waals surface area contributed by atoms with Gasteiger partial charge in [-0.3, -0.25) is 4.79 Å². The fraction of sp³-hybridized carbons (Fsp3) is 0.440. The van der Waals surface area contributed by atoms with E-state index in [0.29, 0.717) is 19.2 Å². The molecule has 2 N–H and O–H groups in total. The van der Waals surface area contributed by atoms with Crippen LogP contribution >= 0.6 is 0 Å². The third-order valence-corrected chi connectivity index (χ3v) is 6.33. The number of nitrogens with one attached hydrogen (secondary N) is 2. The van der Waals surface area contributed by atoms with Crippen LogP contribution < -0.4 is 15.5 Å². The van der Waals surface area contributed by atoms with Gasteiger partial charge in [0, 0.05) is 25.2 Å². The lowest BCUT2D eigenvalue weighted by Gasteiger charge is -2.34. The first-order chi connectivity index (χ1) is 15.8. The van der Waals surface area contributed by atoms with Crippen molar-refractivity contribution in [3.63, 3.8) is 0 Å². The number of hydrogen-bond acceptors (Lipinski definition) is 6. The van der Waals surface area contributed by atoms with E-state index >= 15 is 0 Å². The summed E-state index contributed by atoms with van der Waals surface area (Å²) < 4.78 is 11.8. The smallest absolute Gasteiger partial charge is 0.299 e. The van der Waals surface area contributed by atoms with Crippen LogP contribution in [-0.2, 0) is 16.1 Å². The number of carbonyl (C=O) groups is 1. The van der Waals surface area contributed by atoms with E-state index in [1.807, 2.05) is 47.4 Å². The maximum Gasteiger partial charge on any atom is 0.299 e. The molecule has 7 nitrogen and oxygen atoms in total. The minimum Gasteiger partial charge on any atom is -0.423 e. The number of amides is 1. The first-order valence-corrected chi connectivity index (χ1v) is 11.5. The fourth-order valence-corrected chi connectivity index (χ4v) is 4.66. The number of anilines is 1. The van der Waals surface area contributed by atoms with Gasteiger partial charge in [-0.25, -0.2) is 0 Å². The Labute approximate surface area is 188 Å². The number of para-hydroxylation sites is 2. The van der Waals surface area contributed by atoms with Gasteiger partial charge in [-0.15, -0.1) is 0 Å². The molecule has 0 spiro atoms. The van der Waals surface area contributed by atoms with Crippen LogP contribution in [0.15, 0.2) is 59.0 Å². The van der Waals surface area contributed by atoms with E-state index in [1.54, 1.807) is 0 Å². The Morgan fingerprint density at radius 1 is 1.16 bits per heavy atom. The fourth-order valence-electron chi connectivity index (χ4n) is 4.66. The summed E-state index contributed by atoms with van der Waals surface area (Å²) in [5.41, 5.74) is 2.75. The van der Waals surface area contributed by atoms with Gasteiger partial charge in [0.05, 0.1) is 13.2 Å². The molecule has 0 aliphatic carbocycles. The minimum absolute atomic E-state index is 0.0598. The Hall–Kier alpha value is -2.90. The molecular formula is C25H30N4O3. The summed E-state index contributed by atoms with van der Waals surface area (Å²) in [6.07, 6.45) is 3.76. The van der Waals surface area contributed by atoms with E-state index in [1.165, 1.54) is 5.56 Å². The summed E-state index contributed by atoms with van der Waals surface area (Å²) in [6.45, 7) is 2.79. The van der Waals surface area contributed by atoms with Crippen molar-refractivity contribution in [3.8, 4) is 0 Å². The second-order valence-corrected chi connectivity index (χ2v) is 8.72. The lowest BCUT2D eigenvalue weighted by atomic mass is 10.0. The van der Waals surface area contributed by atoms with Gasteiger partial charge in [-0.05, 0) is 43.4 Å². The van der Waals surface area contributed by atoms with E-state index in [0.717, 1.165) is 49.9 Å². The van der Waals surface area contributed by atoms with Gasteiger partial charge in [0.1, 0.15) is 11.6 Å². The third kappa shape index (κ3) is 4.79. The van der Waals surface area contributed by atoms with Crippen LogP contribution in [0.2, 0.25) is 0 Å². The minimum atomic E-state index is -0.245. The molecule has 3 atom stereocenters. The van der Waals surface area contributed by atoms with Gasteiger partial charge in [0.25, 0.3) is 6.01 Å². The standard InChI is InChI=1S/C25H30N4O3/c30-24(27-19-14-20(26-15-19)17-31-16-18-8-2-1-3-9-18)22-11-6-7-13-29(22)25-28-21-10-4-5-12-23(21)32-25/h1-5,8-10,12,19-20,22,26H,6-7,11,13-17H2,(H,27,30)/t19?,20-,22-/m0/s1. The predicted octanol–water partition coefficient (Wildman–Crippen LogP) is 3.25. The number of piperidine rings is 1. The highest BCUT2D eigenvalue weighted by Crippen LogP contribution is 2.28. The van der Waals surface area contributed by atoms with E-state index in [4.69, 9.17) is 9.15 Å². The molecular weight excluding hydrogens is 404 g/mol. The molecule has 2 fully saturated rings. The first-order valence-electron chi connectivity index (χ1n) is 11.5. The monoisotopic (exact) mass is 434 g/mol. The highest BCUT2D eigenvalue weighted by atomic mass is 16.5. The van der Waals surface area contributed by atoms with E-state index in [2.05, 4.69) is 27.8 Å². The van der Waals surface area contributed by atoms with Crippen LogP contribution in [-0.4, -0.2) is 48.7 Å². The highest BCUT2D eigenvalue weighted by molar-refractivity contribution is 5.85. The molecule has 3 aromatic rings. The average molecular weight is 435 g/mol. The molecule has 0 radical (unpaired) electrons. The molecule has 1 unspecified atom stereocenters. The number of aromatic nitrogens is 1. The number of benzene rings is 2. The quantitative estimate of drug-likeness (QED) is 0.594. The van der Waals surface area contributed by atoms with Gasteiger partial charge in [0.15, 0.2) is 5.58 Å². The molecule has 0 saturated carbocycles. The Morgan fingerprint density at radius 3 is 2.88 bits per heavy atom. The molecule has 2 aliphatic rings. The van der Waals surface area contributed by atoms with E-state index < -0.39 is 0 Å². The maximum absolute atomic E-state index is 13.2. The molecule has 5 rings (SSSR count). The normalized spacial score (nSPS) is 23.5. The predicted molar refractivity (Wildman–Crippen MR) is 123 cm³/mol. The first kappa shape index (κ1) is 21.0. The van der Waals surface area contributed by atoms with Gasteiger partial charge in [0.2, 0.25) is 5.91 Å². The lowest BCUT2D eigenvalue weighted by molar-refractivity contribution is -0.123. The molecule has 3 heterocycles. The zero-order chi connectivity index (χ0) is 21.8. The number of rotatable bonds is 7. The van der Waals surface area contributed by atoms with Crippen molar-refractivity contribution in [2.45, 2.75) is 50.4 Å². The van der Waals surface area contributed by atoms with Gasteiger partial charge >= 0.3 is 0 Å². The Bertz CT molecular complexity index is 1000. The Morgan fingerprint density at radius 2 is 2.00 bits per heavy atom. The van der Waals surface area contributed by atoms with Crippen molar-refractivity contribution in [1.82, 2.24) is 15.6 Å². The van der Waals surface area contributed by atoms with Crippen molar-refractivity contribution in [2.24, 2.45) is 0 Å². The van der Waals surface area contributed by atoms with Crippen LogP contribution in [0.5, 0.6) is 0 Å². The summed E-state index contributed by atoms with van der Waals surface area (Å²) in [7, 11) is 0. The number of carbonyl (C=O) groups excluding carboxylic acids is 1. The van der Waals surface area contributed by atoms with E-state index in [-0.39, 0.29) is 24.0 Å². The van der Waals surface area contributed by atoms with Gasteiger partial charge < -0.3 is 24.7 Å².